The van der Waals surface area contributed by atoms with Gasteiger partial charge in [-0.3, -0.25) is 0 Å². The normalized spacial score (nSPS) is 22.9. The van der Waals surface area contributed by atoms with Crippen LogP contribution in [-0.2, 0) is 6.54 Å². The SMILES string of the molecule is C#Cc1ccc2ncn(CC3(C)CCCC(CN(CC)C(=O)O)C3)c2c1. The molecule has 0 saturated heterocycles. The number of imidazole rings is 1. The van der Waals surface area contributed by atoms with Gasteiger partial charge in [0.05, 0.1) is 17.4 Å². The van der Waals surface area contributed by atoms with E-state index in [1.54, 1.807) is 0 Å². The van der Waals surface area contributed by atoms with Crippen molar-refractivity contribution in [2.24, 2.45) is 11.3 Å². The van der Waals surface area contributed by atoms with Gasteiger partial charge in [0.1, 0.15) is 0 Å². The second-order valence-electron chi connectivity index (χ2n) is 7.81. The summed E-state index contributed by atoms with van der Waals surface area (Å²) >= 11 is 0. The van der Waals surface area contributed by atoms with Crippen molar-refractivity contribution in [3.63, 3.8) is 0 Å². The fourth-order valence-electron chi connectivity index (χ4n) is 4.36. The molecule has 1 heterocycles. The minimum absolute atomic E-state index is 0.139. The van der Waals surface area contributed by atoms with E-state index >= 15 is 0 Å². The number of amides is 1. The molecule has 1 aliphatic carbocycles. The van der Waals surface area contributed by atoms with Crippen molar-refractivity contribution in [2.75, 3.05) is 13.1 Å². The zero-order valence-corrected chi connectivity index (χ0v) is 15.6. The zero-order valence-electron chi connectivity index (χ0n) is 15.6. The number of carbonyl (C=O) groups is 1. The van der Waals surface area contributed by atoms with Crippen LogP contribution in [0, 0.1) is 23.7 Å². The number of benzene rings is 1. The Balaban J connectivity index is 1.76. The maximum absolute atomic E-state index is 11.3. The van der Waals surface area contributed by atoms with Crippen LogP contribution in [-0.4, -0.2) is 38.7 Å². The molecule has 1 fully saturated rings. The van der Waals surface area contributed by atoms with E-state index in [-0.39, 0.29) is 5.41 Å². The molecule has 5 heteroatoms. The zero-order chi connectivity index (χ0) is 18.7. The predicted octanol–water partition coefficient (Wildman–Crippen LogP) is 4.21. The summed E-state index contributed by atoms with van der Waals surface area (Å²) in [7, 11) is 0. The Hall–Kier alpha value is -2.48. The molecule has 0 radical (unpaired) electrons. The highest BCUT2D eigenvalue weighted by atomic mass is 16.4. The summed E-state index contributed by atoms with van der Waals surface area (Å²) in [5, 5.41) is 9.31. The molecule has 0 spiro atoms. The van der Waals surface area contributed by atoms with Crippen molar-refractivity contribution in [3.05, 3.63) is 30.1 Å². The highest BCUT2D eigenvalue weighted by Gasteiger charge is 2.34. The maximum Gasteiger partial charge on any atom is 0.407 e. The lowest BCUT2D eigenvalue weighted by molar-refractivity contribution is 0.0969. The smallest absolute Gasteiger partial charge is 0.407 e. The van der Waals surface area contributed by atoms with Gasteiger partial charge in [-0.15, -0.1) is 6.42 Å². The van der Waals surface area contributed by atoms with E-state index in [0.29, 0.717) is 19.0 Å². The van der Waals surface area contributed by atoms with Gasteiger partial charge in [-0.25, -0.2) is 9.78 Å². The second-order valence-corrected chi connectivity index (χ2v) is 7.81. The monoisotopic (exact) mass is 353 g/mol. The first-order valence-electron chi connectivity index (χ1n) is 9.33. The summed E-state index contributed by atoms with van der Waals surface area (Å²) in [6, 6.07) is 5.91. The van der Waals surface area contributed by atoms with Crippen molar-refractivity contribution >= 4 is 17.1 Å². The van der Waals surface area contributed by atoms with Crippen LogP contribution >= 0.6 is 0 Å². The molecule has 3 rings (SSSR count). The number of hydrogen-bond acceptors (Lipinski definition) is 2. The van der Waals surface area contributed by atoms with Crippen molar-refractivity contribution < 1.29 is 9.90 Å². The Morgan fingerprint density at radius 1 is 1.54 bits per heavy atom. The summed E-state index contributed by atoms with van der Waals surface area (Å²) in [4.78, 5) is 17.4. The van der Waals surface area contributed by atoms with Gasteiger partial charge in [0.15, 0.2) is 0 Å². The van der Waals surface area contributed by atoms with Gasteiger partial charge in [-0.05, 0) is 55.7 Å². The van der Waals surface area contributed by atoms with Crippen LogP contribution in [0.1, 0.15) is 45.1 Å². The second kappa shape index (κ2) is 7.41. The van der Waals surface area contributed by atoms with E-state index in [2.05, 4.69) is 22.4 Å². The number of rotatable bonds is 5. The number of fused-ring (bicyclic) bond motifs is 1. The first-order chi connectivity index (χ1) is 12.4. The van der Waals surface area contributed by atoms with Gasteiger partial charge in [0.25, 0.3) is 0 Å². The van der Waals surface area contributed by atoms with Crippen LogP contribution in [0.25, 0.3) is 11.0 Å². The Morgan fingerprint density at radius 3 is 3.04 bits per heavy atom. The molecular weight excluding hydrogens is 326 g/mol. The molecule has 0 bridgehead atoms. The molecule has 5 nitrogen and oxygen atoms in total. The number of nitrogens with zero attached hydrogens (tertiary/aromatic N) is 3. The van der Waals surface area contributed by atoms with Gasteiger partial charge >= 0.3 is 6.09 Å². The Bertz CT molecular complexity index is 835. The Kier molecular flexibility index (Phi) is 5.22. The average molecular weight is 353 g/mol. The maximum atomic E-state index is 11.3. The summed E-state index contributed by atoms with van der Waals surface area (Å²) in [5.74, 6) is 3.11. The molecule has 0 aliphatic heterocycles. The van der Waals surface area contributed by atoms with Gasteiger partial charge < -0.3 is 14.6 Å². The molecular formula is C21H27N3O2. The molecule has 2 unspecified atom stereocenters. The first kappa shape index (κ1) is 18.3. The molecule has 1 saturated carbocycles. The fourth-order valence-corrected chi connectivity index (χ4v) is 4.36. The van der Waals surface area contributed by atoms with Gasteiger partial charge in [-0.1, -0.05) is 19.3 Å². The molecule has 1 N–H and O–H groups in total. The lowest BCUT2D eigenvalue weighted by Gasteiger charge is -2.40. The fraction of sp³-hybridized carbons (Fsp3) is 0.524. The molecule has 138 valence electrons. The minimum atomic E-state index is -0.817. The standard InChI is InChI=1S/C21H27N3O2/c1-4-16-8-9-18-19(11-16)24(15-22-18)14-21(3)10-6-7-17(12-21)13-23(5-2)20(25)26/h1,8-9,11,15,17H,5-7,10,12-14H2,2-3H3,(H,25,26). The molecule has 1 amide bonds. The number of hydrogen-bond donors (Lipinski definition) is 1. The minimum Gasteiger partial charge on any atom is -0.465 e. The molecule has 1 aliphatic rings. The van der Waals surface area contributed by atoms with Gasteiger partial charge in [0, 0.05) is 25.2 Å². The third kappa shape index (κ3) is 3.85. The topological polar surface area (TPSA) is 58.4 Å². The van der Waals surface area contributed by atoms with Crippen molar-refractivity contribution in [2.45, 2.75) is 46.1 Å². The van der Waals surface area contributed by atoms with Crippen LogP contribution in [0.2, 0.25) is 0 Å². The summed E-state index contributed by atoms with van der Waals surface area (Å²) in [5.41, 5.74) is 3.04. The van der Waals surface area contributed by atoms with Crippen LogP contribution in [0.15, 0.2) is 24.5 Å². The number of carboxylic acid groups (broad SMARTS) is 1. The summed E-state index contributed by atoms with van der Waals surface area (Å²) in [6.07, 6.45) is 11.0. The first-order valence-corrected chi connectivity index (χ1v) is 9.33. The van der Waals surface area contributed by atoms with Crippen LogP contribution < -0.4 is 0 Å². The largest absolute Gasteiger partial charge is 0.465 e. The van der Waals surface area contributed by atoms with Crippen molar-refractivity contribution in [1.82, 2.24) is 14.5 Å². The third-order valence-electron chi connectivity index (χ3n) is 5.64. The van der Waals surface area contributed by atoms with E-state index < -0.39 is 6.09 Å². The molecule has 1 aromatic carbocycles. The highest BCUT2D eigenvalue weighted by Crippen LogP contribution is 2.41. The lowest BCUT2D eigenvalue weighted by atomic mass is 9.70. The molecule has 2 aromatic rings. The molecule has 1 aromatic heterocycles. The van der Waals surface area contributed by atoms with E-state index in [9.17, 15) is 9.90 Å². The van der Waals surface area contributed by atoms with E-state index in [0.717, 1.165) is 48.8 Å². The Labute approximate surface area is 155 Å². The summed E-state index contributed by atoms with van der Waals surface area (Å²) < 4.78 is 2.20. The van der Waals surface area contributed by atoms with E-state index in [1.165, 1.54) is 4.90 Å². The van der Waals surface area contributed by atoms with E-state index in [4.69, 9.17) is 6.42 Å². The predicted molar refractivity (Wildman–Crippen MR) is 103 cm³/mol. The van der Waals surface area contributed by atoms with Crippen LogP contribution in [0.3, 0.4) is 0 Å². The van der Waals surface area contributed by atoms with Crippen molar-refractivity contribution in [1.29, 1.82) is 0 Å². The number of aromatic nitrogens is 2. The average Bonchev–Trinajstić information content (AvgIpc) is 3.00. The quantitative estimate of drug-likeness (QED) is 0.819. The highest BCUT2D eigenvalue weighted by molar-refractivity contribution is 5.77. The van der Waals surface area contributed by atoms with E-state index in [1.807, 2.05) is 31.5 Å². The Morgan fingerprint density at radius 2 is 2.35 bits per heavy atom. The molecule has 26 heavy (non-hydrogen) atoms. The van der Waals surface area contributed by atoms with Crippen molar-refractivity contribution in [3.8, 4) is 12.3 Å². The summed E-state index contributed by atoms with van der Waals surface area (Å²) in [6.45, 7) is 6.27. The van der Waals surface area contributed by atoms with Crippen LogP contribution in [0.5, 0.6) is 0 Å². The van der Waals surface area contributed by atoms with Gasteiger partial charge in [-0.2, -0.15) is 0 Å². The third-order valence-corrected chi connectivity index (χ3v) is 5.64. The molecule has 2 atom stereocenters. The lowest BCUT2D eigenvalue weighted by Crippen LogP contribution is -2.38. The van der Waals surface area contributed by atoms with Gasteiger partial charge in [0.2, 0.25) is 0 Å². The number of terminal acetylenes is 1. The van der Waals surface area contributed by atoms with Crippen LogP contribution in [0.4, 0.5) is 4.79 Å².